The van der Waals surface area contributed by atoms with Crippen LogP contribution in [-0.4, -0.2) is 46.8 Å². The number of nitrogens with one attached hydrogen (secondary N) is 1. The van der Waals surface area contributed by atoms with Gasteiger partial charge in [0.25, 0.3) is 0 Å². The minimum Gasteiger partial charge on any atom is -0.494 e. The van der Waals surface area contributed by atoms with E-state index in [9.17, 15) is 23.8 Å². The summed E-state index contributed by atoms with van der Waals surface area (Å²) in [6.07, 6.45) is -3.53. The molecular formula is C27H30F2N2O6. The number of aromatic nitrogens is 1. The van der Waals surface area contributed by atoms with E-state index in [1.165, 1.54) is 19.2 Å². The Morgan fingerprint density at radius 1 is 1.16 bits per heavy atom. The highest BCUT2D eigenvalue weighted by Crippen LogP contribution is 2.52. The quantitative estimate of drug-likeness (QED) is 0.433. The van der Waals surface area contributed by atoms with E-state index >= 15 is 0 Å². The molecule has 1 aromatic heterocycles. The molecule has 3 N–H and O–H groups in total. The van der Waals surface area contributed by atoms with Crippen molar-refractivity contribution >= 4 is 22.5 Å². The van der Waals surface area contributed by atoms with Gasteiger partial charge in [0.1, 0.15) is 5.75 Å². The predicted molar refractivity (Wildman–Crippen MR) is 132 cm³/mol. The maximum Gasteiger partial charge on any atom is 0.586 e. The normalized spacial score (nSPS) is 18.1. The molecular weight excluding hydrogens is 486 g/mol. The van der Waals surface area contributed by atoms with Crippen molar-refractivity contribution in [3.05, 3.63) is 47.7 Å². The van der Waals surface area contributed by atoms with Crippen molar-refractivity contribution in [2.24, 2.45) is 0 Å². The van der Waals surface area contributed by atoms with Crippen molar-refractivity contribution in [2.75, 3.05) is 19.0 Å². The van der Waals surface area contributed by atoms with E-state index in [0.29, 0.717) is 29.8 Å². The van der Waals surface area contributed by atoms with Crippen LogP contribution >= 0.6 is 0 Å². The number of ether oxygens (including phenoxy) is 3. The molecule has 10 heteroatoms. The van der Waals surface area contributed by atoms with Gasteiger partial charge in [0.15, 0.2) is 11.5 Å². The first-order valence-electron chi connectivity index (χ1n) is 12.1. The number of rotatable bonds is 7. The summed E-state index contributed by atoms with van der Waals surface area (Å²) in [4.78, 5) is 13.4. The first-order valence-corrected chi connectivity index (χ1v) is 12.1. The second kappa shape index (κ2) is 8.59. The third-order valence-corrected chi connectivity index (χ3v) is 6.95. The molecule has 1 saturated carbocycles. The fourth-order valence-electron chi connectivity index (χ4n) is 4.95. The topological polar surface area (TPSA) is 102 Å². The van der Waals surface area contributed by atoms with Crippen molar-refractivity contribution < 1.29 is 38.0 Å². The molecule has 198 valence electrons. The lowest BCUT2D eigenvalue weighted by molar-refractivity contribution is -0.286. The number of hydrogen-bond acceptors (Lipinski definition) is 6. The number of anilines is 1. The van der Waals surface area contributed by atoms with Crippen molar-refractivity contribution in [1.29, 1.82) is 0 Å². The Labute approximate surface area is 212 Å². The molecule has 1 fully saturated rings. The van der Waals surface area contributed by atoms with Crippen LogP contribution in [0.2, 0.25) is 0 Å². The summed E-state index contributed by atoms with van der Waals surface area (Å²) in [6.45, 7) is 5.96. The number of alkyl halides is 2. The number of halogens is 2. The van der Waals surface area contributed by atoms with Crippen molar-refractivity contribution in [3.8, 4) is 17.2 Å². The smallest absolute Gasteiger partial charge is 0.494 e. The van der Waals surface area contributed by atoms with Gasteiger partial charge in [0.2, 0.25) is 5.91 Å². The summed E-state index contributed by atoms with van der Waals surface area (Å²) < 4.78 is 43.6. The van der Waals surface area contributed by atoms with Gasteiger partial charge in [-0.3, -0.25) is 4.79 Å². The van der Waals surface area contributed by atoms with Gasteiger partial charge < -0.3 is 34.3 Å². The van der Waals surface area contributed by atoms with E-state index in [-0.39, 0.29) is 36.0 Å². The Kier molecular flexibility index (Phi) is 5.87. The van der Waals surface area contributed by atoms with E-state index < -0.39 is 17.8 Å². The Balaban J connectivity index is 1.48. The minimum absolute atomic E-state index is 0.0642. The average Bonchev–Trinajstić information content (AvgIpc) is 3.46. The maximum absolute atomic E-state index is 13.5. The molecule has 2 heterocycles. The van der Waals surface area contributed by atoms with Gasteiger partial charge in [-0.1, -0.05) is 26.8 Å². The zero-order valence-corrected chi connectivity index (χ0v) is 21.1. The maximum atomic E-state index is 13.5. The number of methoxy groups -OCH3 is 1. The lowest BCUT2D eigenvalue weighted by atomic mass is 9.92. The Morgan fingerprint density at radius 2 is 1.86 bits per heavy atom. The van der Waals surface area contributed by atoms with Crippen LogP contribution in [-0.2, 0) is 22.2 Å². The van der Waals surface area contributed by atoms with Crippen LogP contribution in [0.5, 0.6) is 17.2 Å². The van der Waals surface area contributed by atoms with Gasteiger partial charge in [-0.15, -0.1) is 8.78 Å². The lowest BCUT2D eigenvalue weighted by Gasteiger charge is -2.24. The van der Waals surface area contributed by atoms with Gasteiger partial charge in [-0.25, -0.2) is 0 Å². The standard InChI is InChI=1S/C27H30F2N2O6/c1-25(2,3)22-10-15-9-17(12-21(35-4)23(15)31(22)13-18(33)14-32)30-24(34)26(7-8-26)16-5-6-19-20(11-16)37-27(28,29)36-19/h5-6,9-12,18,32-33H,7-8,13-14H2,1-4H3,(H,30,34)/t18-/m0/s1. The molecule has 0 radical (unpaired) electrons. The molecule has 2 aromatic carbocycles. The molecule has 1 atom stereocenters. The molecule has 8 nitrogen and oxygen atoms in total. The summed E-state index contributed by atoms with van der Waals surface area (Å²) in [5.74, 6) is 0.0886. The van der Waals surface area contributed by atoms with Crippen LogP contribution in [0.1, 0.15) is 44.9 Å². The molecule has 37 heavy (non-hydrogen) atoms. The molecule has 1 aliphatic carbocycles. The molecule has 1 aliphatic heterocycles. The number of benzene rings is 2. The van der Waals surface area contributed by atoms with Crippen LogP contribution < -0.4 is 19.5 Å². The fourth-order valence-corrected chi connectivity index (χ4v) is 4.95. The summed E-state index contributed by atoms with van der Waals surface area (Å²) in [5.41, 5.74) is 1.66. The predicted octanol–water partition coefficient (Wildman–Crippen LogP) is 4.29. The molecule has 1 amide bonds. The van der Waals surface area contributed by atoms with Crippen LogP contribution in [0.15, 0.2) is 36.4 Å². The third kappa shape index (κ3) is 4.48. The van der Waals surface area contributed by atoms with Crippen molar-refractivity contribution in [3.63, 3.8) is 0 Å². The second-order valence-corrected chi connectivity index (χ2v) is 10.7. The monoisotopic (exact) mass is 516 g/mol. The number of carbonyl (C=O) groups is 1. The van der Waals surface area contributed by atoms with Gasteiger partial charge in [-0.2, -0.15) is 0 Å². The summed E-state index contributed by atoms with van der Waals surface area (Å²) >= 11 is 0. The molecule has 0 unspecified atom stereocenters. The molecule has 0 bridgehead atoms. The molecule has 0 saturated heterocycles. The van der Waals surface area contributed by atoms with E-state index in [0.717, 1.165) is 16.6 Å². The largest absolute Gasteiger partial charge is 0.586 e. The van der Waals surface area contributed by atoms with E-state index in [4.69, 9.17) is 4.74 Å². The first kappa shape index (κ1) is 25.3. The van der Waals surface area contributed by atoms with Crippen molar-refractivity contribution in [2.45, 2.75) is 63.4 Å². The van der Waals surface area contributed by atoms with Crippen LogP contribution in [0, 0.1) is 0 Å². The summed E-state index contributed by atoms with van der Waals surface area (Å²) in [5, 5.41) is 23.4. The lowest BCUT2D eigenvalue weighted by Crippen LogP contribution is -2.28. The Hall–Kier alpha value is -3.37. The van der Waals surface area contributed by atoms with Gasteiger partial charge in [0.05, 0.1) is 37.3 Å². The van der Waals surface area contributed by atoms with Crippen LogP contribution in [0.3, 0.4) is 0 Å². The fraction of sp³-hybridized carbons (Fsp3) is 0.444. The number of hydrogen-bond donors (Lipinski definition) is 3. The molecule has 2 aliphatic rings. The zero-order valence-electron chi connectivity index (χ0n) is 21.1. The highest BCUT2D eigenvalue weighted by molar-refractivity contribution is 6.03. The first-order chi connectivity index (χ1) is 17.4. The number of nitrogens with zero attached hydrogens (tertiary/aromatic N) is 1. The number of fused-ring (bicyclic) bond motifs is 2. The number of carbonyl (C=O) groups excluding carboxylic acids is 1. The van der Waals surface area contributed by atoms with Crippen LogP contribution in [0.4, 0.5) is 14.5 Å². The highest BCUT2D eigenvalue weighted by atomic mass is 19.3. The summed E-state index contributed by atoms with van der Waals surface area (Å²) in [7, 11) is 1.53. The minimum atomic E-state index is -3.72. The number of aliphatic hydroxyl groups excluding tert-OH is 2. The Bertz CT molecular complexity index is 1370. The summed E-state index contributed by atoms with van der Waals surface area (Å²) in [6, 6.07) is 9.99. The van der Waals surface area contributed by atoms with E-state index in [2.05, 4.69) is 35.6 Å². The number of amides is 1. The third-order valence-electron chi connectivity index (χ3n) is 6.95. The van der Waals surface area contributed by atoms with Gasteiger partial charge in [-0.05, 0) is 42.7 Å². The molecule has 0 spiro atoms. The highest BCUT2D eigenvalue weighted by Gasteiger charge is 2.53. The molecule has 5 rings (SSSR count). The Morgan fingerprint density at radius 3 is 2.49 bits per heavy atom. The SMILES string of the molecule is COc1cc(NC(=O)C2(c3ccc4c(c3)OC(F)(F)O4)CC2)cc2cc(C(C)(C)C)n(C[C@H](O)CO)c12. The van der Waals surface area contributed by atoms with E-state index in [1.807, 2.05) is 16.7 Å². The molecule has 3 aromatic rings. The second-order valence-electron chi connectivity index (χ2n) is 10.7. The van der Waals surface area contributed by atoms with Crippen molar-refractivity contribution in [1.82, 2.24) is 4.57 Å². The van der Waals surface area contributed by atoms with Gasteiger partial charge in [0, 0.05) is 28.2 Å². The number of aliphatic hydroxyl groups is 2. The van der Waals surface area contributed by atoms with E-state index in [1.54, 1.807) is 12.1 Å². The van der Waals surface area contributed by atoms with Crippen LogP contribution in [0.25, 0.3) is 10.9 Å². The van der Waals surface area contributed by atoms with Gasteiger partial charge >= 0.3 is 6.29 Å². The average molecular weight is 517 g/mol. The zero-order chi connectivity index (χ0) is 26.8.